The SMILES string of the molecule is O=C(Cc1ccncc1)N[C@@H](CO)C(=O)NC1CCCCC1. The van der Waals surface area contributed by atoms with Gasteiger partial charge in [-0.25, -0.2) is 0 Å². The molecule has 1 fully saturated rings. The maximum Gasteiger partial charge on any atom is 0.245 e. The minimum absolute atomic E-state index is 0.160. The van der Waals surface area contributed by atoms with Gasteiger partial charge in [0.2, 0.25) is 11.8 Å². The van der Waals surface area contributed by atoms with E-state index in [2.05, 4.69) is 15.6 Å². The molecule has 1 atom stereocenters. The highest BCUT2D eigenvalue weighted by atomic mass is 16.3. The fourth-order valence-corrected chi connectivity index (χ4v) is 2.67. The van der Waals surface area contributed by atoms with Gasteiger partial charge < -0.3 is 15.7 Å². The smallest absolute Gasteiger partial charge is 0.245 e. The number of aliphatic hydroxyl groups is 1. The zero-order valence-electron chi connectivity index (χ0n) is 12.6. The van der Waals surface area contributed by atoms with Crippen molar-refractivity contribution >= 4 is 11.8 Å². The number of aliphatic hydroxyl groups excluding tert-OH is 1. The number of rotatable bonds is 6. The van der Waals surface area contributed by atoms with Crippen molar-refractivity contribution < 1.29 is 14.7 Å². The third kappa shape index (κ3) is 5.11. The van der Waals surface area contributed by atoms with Gasteiger partial charge in [0, 0.05) is 18.4 Å². The van der Waals surface area contributed by atoms with Gasteiger partial charge in [-0.2, -0.15) is 0 Å². The number of pyridine rings is 1. The van der Waals surface area contributed by atoms with Crippen LogP contribution in [0.15, 0.2) is 24.5 Å². The summed E-state index contributed by atoms with van der Waals surface area (Å²) in [5, 5.41) is 14.9. The zero-order valence-corrected chi connectivity index (χ0v) is 12.6. The molecule has 1 aliphatic rings. The molecule has 1 aromatic heterocycles. The molecule has 6 heteroatoms. The van der Waals surface area contributed by atoms with Crippen LogP contribution >= 0.6 is 0 Å². The van der Waals surface area contributed by atoms with Crippen LogP contribution in [0.25, 0.3) is 0 Å². The molecule has 3 N–H and O–H groups in total. The lowest BCUT2D eigenvalue weighted by Gasteiger charge is -2.25. The Bertz CT molecular complexity index is 487. The van der Waals surface area contributed by atoms with Crippen LogP contribution in [-0.2, 0) is 16.0 Å². The van der Waals surface area contributed by atoms with Crippen LogP contribution in [0.5, 0.6) is 0 Å². The van der Waals surface area contributed by atoms with Crippen LogP contribution in [-0.4, -0.2) is 40.6 Å². The average Bonchev–Trinajstić information content (AvgIpc) is 2.54. The Balaban J connectivity index is 1.82. The van der Waals surface area contributed by atoms with Gasteiger partial charge in [-0.1, -0.05) is 19.3 Å². The van der Waals surface area contributed by atoms with E-state index in [1.807, 2.05) is 0 Å². The minimum Gasteiger partial charge on any atom is -0.394 e. The van der Waals surface area contributed by atoms with Gasteiger partial charge in [0.15, 0.2) is 0 Å². The number of carbonyl (C=O) groups is 2. The molecule has 1 saturated carbocycles. The molecule has 120 valence electrons. The third-order valence-corrected chi connectivity index (χ3v) is 3.90. The lowest BCUT2D eigenvalue weighted by molar-refractivity contribution is -0.130. The number of aromatic nitrogens is 1. The summed E-state index contributed by atoms with van der Waals surface area (Å²) in [6.07, 6.45) is 8.76. The lowest BCUT2D eigenvalue weighted by atomic mass is 9.95. The van der Waals surface area contributed by atoms with Crippen LogP contribution in [0.2, 0.25) is 0 Å². The van der Waals surface area contributed by atoms with E-state index in [4.69, 9.17) is 0 Å². The van der Waals surface area contributed by atoms with Gasteiger partial charge in [-0.15, -0.1) is 0 Å². The highest BCUT2D eigenvalue weighted by Gasteiger charge is 2.23. The Kier molecular flexibility index (Phi) is 6.33. The summed E-state index contributed by atoms with van der Waals surface area (Å²) in [5.41, 5.74) is 0.817. The van der Waals surface area contributed by atoms with E-state index < -0.39 is 12.6 Å². The highest BCUT2D eigenvalue weighted by molar-refractivity contribution is 5.88. The molecule has 0 unspecified atom stereocenters. The van der Waals surface area contributed by atoms with Gasteiger partial charge in [0.25, 0.3) is 0 Å². The molecule has 0 aromatic carbocycles. The molecule has 2 amide bonds. The zero-order chi connectivity index (χ0) is 15.8. The fourth-order valence-electron chi connectivity index (χ4n) is 2.67. The fraction of sp³-hybridized carbons (Fsp3) is 0.562. The number of hydrogen-bond acceptors (Lipinski definition) is 4. The quantitative estimate of drug-likeness (QED) is 0.716. The first-order chi connectivity index (χ1) is 10.7. The van der Waals surface area contributed by atoms with Crippen LogP contribution in [0.4, 0.5) is 0 Å². The second-order valence-corrected chi connectivity index (χ2v) is 5.68. The Morgan fingerprint density at radius 1 is 1.23 bits per heavy atom. The molecule has 0 radical (unpaired) electrons. The van der Waals surface area contributed by atoms with Crippen molar-refractivity contribution in [2.24, 2.45) is 0 Å². The molecular weight excluding hydrogens is 282 g/mol. The van der Waals surface area contributed by atoms with Crippen LogP contribution in [0, 0.1) is 0 Å². The Morgan fingerprint density at radius 3 is 2.55 bits per heavy atom. The molecule has 1 aromatic rings. The summed E-state index contributed by atoms with van der Waals surface area (Å²) in [5.74, 6) is -0.596. The minimum atomic E-state index is -0.892. The molecule has 0 bridgehead atoms. The van der Waals surface area contributed by atoms with Gasteiger partial charge >= 0.3 is 0 Å². The predicted molar refractivity (Wildman–Crippen MR) is 82.0 cm³/mol. The third-order valence-electron chi connectivity index (χ3n) is 3.90. The molecule has 22 heavy (non-hydrogen) atoms. The van der Waals surface area contributed by atoms with Crippen LogP contribution in [0.3, 0.4) is 0 Å². The monoisotopic (exact) mass is 305 g/mol. The first-order valence-electron chi connectivity index (χ1n) is 7.78. The van der Waals surface area contributed by atoms with Gasteiger partial charge in [-0.05, 0) is 30.5 Å². The number of nitrogens with zero attached hydrogens (tertiary/aromatic N) is 1. The van der Waals surface area contributed by atoms with E-state index in [9.17, 15) is 14.7 Å². The summed E-state index contributed by atoms with van der Waals surface area (Å²) < 4.78 is 0. The van der Waals surface area contributed by atoms with Gasteiger partial charge in [-0.3, -0.25) is 14.6 Å². The van der Waals surface area contributed by atoms with E-state index in [0.717, 1.165) is 31.2 Å². The normalized spacial score (nSPS) is 16.8. The molecular formula is C16H23N3O3. The number of carbonyl (C=O) groups excluding carboxylic acids is 2. The molecule has 1 heterocycles. The van der Waals surface area contributed by atoms with Crippen molar-refractivity contribution in [1.82, 2.24) is 15.6 Å². The van der Waals surface area contributed by atoms with E-state index in [-0.39, 0.29) is 24.3 Å². The Labute approximate surface area is 130 Å². The summed E-state index contributed by atoms with van der Waals surface area (Å²) >= 11 is 0. The predicted octanol–water partition coefficient (Wildman–Crippen LogP) is 0.550. The maximum atomic E-state index is 12.1. The first-order valence-corrected chi connectivity index (χ1v) is 7.78. The van der Waals surface area contributed by atoms with Crippen LogP contribution in [0.1, 0.15) is 37.7 Å². The summed E-state index contributed by atoms with van der Waals surface area (Å²) in [4.78, 5) is 28.0. The molecule has 0 spiro atoms. The second-order valence-electron chi connectivity index (χ2n) is 5.68. The van der Waals surface area contributed by atoms with Crippen LogP contribution < -0.4 is 10.6 Å². The van der Waals surface area contributed by atoms with Crippen molar-refractivity contribution in [3.05, 3.63) is 30.1 Å². The standard InChI is InChI=1S/C16H23N3O3/c20-11-14(16(22)18-13-4-2-1-3-5-13)19-15(21)10-12-6-8-17-9-7-12/h6-9,13-14,20H,1-5,10-11H2,(H,18,22)(H,19,21)/t14-/m0/s1. The molecule has 2 rings (SSSR count). The number of amides is 2. The van der Waals surface area contributed by atoms with Gasteiger partial charge in [0.1, 0.15) is 6.04 Å². The first kappa shape index (κ1) is 16.4. The van der Waals surface area contributed by atoms with E-state index in [1.165, 1.54) is 6.42 Å². The Hall–Kier alpha value is -1.95. The van der Waals surface area contributed by atoms with Crippen molar-refractivity contribution in [2.45, 2.75) is 50.6 Å². The molecule has 0 saturated heterocycles. The molecule has 1 aliphatic carbocycles. The van der Waals surface area contributed by atoms with Crippen molar-refractivity contribution in [3.8, 4) is 0 Å². The van der Waals surface area contributed by atoms with Crippen molar-refractivity contribution in [3.63, 3.8) is 0 Å². The summed E-state index contributed by atoms with van der Waals surface area (Å²) in [7, 11) is 0. The topological polar surface area (TPSA) is 91.3 Å². The van der Waals surface area contributed by atoms with E-state index in [0.29, 0.717) is 0 Å². The second kappa shape index (κ2) is 8.48. The van der Waals surface area contributed by atoms with E-state index >= 15 is 0 Å². The number of nitrogens with one attached hydrogen (secondary N) is 2. The molecule has 6 nitrogen and oxygen atoms in total. The summed E-state index contributed by atoms with van der Waals surface area (Å²) in [6, 6.07) is 2.76. The largest absolute Gasteiger partial charge is 0.394 e. The summed E-state index contributed by atoms with van der Waals surface area (Å²) in [6.45, 7) is -0.402. The highest BCUT2D eigenvalue weighted by Crippen LogP contribution is 2.17. The van der Waals surface area contributed by atoms with Crippen molar-refractivity contribution in [1.29, 1.82) is 0 Å². The van der Waals surface area contributed by atoms with Gasteiger partial charge in [0.05, 0.1) is 13.0 Å². The lowest BCUT2D eigenvalue weighted by Crippen LogP contribution is -2.52. The maximum absolute atomic E-state index is 12.1. The number of hydrogen-bond donors (Lipinski definition) is 3. The Morgan fingerprint density at radius 2 is 1.91 bits per heavy atom. The molecule has 0 aliphatic heterocycles. The average molecular weight is 305 g/mol. The van der Waals surface area contributed by atoms with Crippen molar-refractivity contribution in [2.75, 3.05) is 6.61 Å². The van der Waals surface area contributed by atoms with E-state index in [1.54, 1.807) is 24.5 Å².